The van der Waals surface area contributed by atoms with E-state index < -0.39 is 18.6 Å². The Balaban J connectivity index is 2.55. The standard InChI is InChI=1S/C11H12F4IN/c12-7-3-4-8(9(16)6-7)10(17)2-1-5-11(13,14)15/h3-4,6,10H,1-2,5,17H2. The molecule has 6 heteroatoms. The number of rotatable bonds is 4. The van der Waals surface area contributed by atoms with Gasteiger partial charge in [-0.3, -0.25) is 0 Å². The molecule has 0 aromatic heterocycles. The Morgan fingerprint density at radius 3 is 2.47 bits per heavy atom. The molecule has 0 fully saturated rings. The van der Waals surface area contributed by atoms with E-state index in [4.69, 9.17) is 5.73 Å². The van der Waals surface area contributed by atoms with Gasteiger partial charge in [0.15, 0.2) is 0 Å². The van der Waals surface area contributed by atoms with Gasteiger partial charge in [0, 0.05) is 16.0 Å². The van der Waals surface area contributed by atoms with Crippen LogP contribution in [-0.4, -0.2) is 6.18 Å². The topological polar surface area (TPSA) is 26.0 Å². The third-order valence-corrected chi connectivity index (χ3v) is 3.27. The van der Waals surface area contributed by atoms with Crippen LogP contribution >= 0.6 is 22.6 Å². The average Bonchev–Trinajstić information content (AvgIpc) is 2.15. The summed E-state index contributed by atoms with van der Waals surface area (Å²) in [6.07, 6.45) is -4.76. The number of alkyl halides is 3. The summed E-state index contributed by atoms with van der Waals surface area (Å²) in [7, 11) is 0. The second kappa shape index (κ2) is 5.99. The van der Waals surface area contributed by atoms with E-state index >= 15 is 0 Å². The summed E-state index contributed by atoms with van der Waals surface area (Å²) in [6.45, 7) is 0. The fraction of sp³-hybridized carbons (Fsp3) is 0.455. The normalized spacial score (nSPS) is 13.8. The monoisotopic (exact) mass is 361 g/mol. The summed E-state index contributed by atoms with van der Waals surface area (Å²) in [5.41, 5.74) is 6.47. The zero-order valence-corrected chi connectivity index (χ0v) is 11.1. The van der Waals surface area contributed by atoms with Gasteiger partial charge in [0.1, 0.15) is 5.82 Å². The summed E-state index contributed by atoms with van der Waals surface area (Å²) in [5, 5.41) is 0. The van der Waals surface area contributed by atoms with Crippen molar-refractivity contribution in [1.82, 2.24) is 0 Å². The first kappa shape index (κ1) is 14.7. The highest BCUT2D eigenvalue weighted by molar-refractivity contribution is 14.1. The molecule has 0 radical (unpaired) electrons. The molecule has 1 rings (SSSR count). The molecule has 1 unspecified atom stereocenters. The minimum absolute atomic E-state index is 0.0158. The predicted molar refractivity (Wildman–Crippen MR) is 66.0 cm³/mol. The predicted octanol–water partition coefficient (Wildman–Crippen LogP) is 4.16. The molecular weight excluding hydrogens is 349 g/mol. The van der Waals surface area contributed by atoms with Gasteiger partial charge < -0.3 is 5.73 Å². The fourth-order valence-corrected chi connectivity index (χ4v) is 2.36. The van der Waals surface area contributed by atoms with Gasteiger partial charge in [-0.05, 0) is 53.1 Å². The highest BCUT2D eigenvalue weighted by Gasteiger charge is 2.26. The van der Waals surface area contributed by atoms with Gasteiger partial charge in [-0.25, -0.2) is 4.39 Å². The Labute approximate surface area is 111 Å². The summed E-state index contributed by atoms with van der Waals surface area (Å²) < 4.78 is 49.3. The van der Waals surface area contributed by atoms with Crippen molar-refractivity contribution >= 4 is 22.6 Å². The van der Waals surface area contributed by atoms with Crippen molar-refractivity contribution in [3.63, 3.8) is 0 Å². The van der Waals surface area contributed by atoms with E-state index in [0.717, 1.165) is 0 Å². The maximum absolute atomic E-state index is 12.8. The van der Waals surface area contributed by atoms with Crippen molar-refractivity contribution in [2.24, 2.45) is 5.73 Å². The van der Waals surface area contributed by atoms with Crippen LogP contribution in [0.4, 0.5) is 17.6 Å². The summed E-state index contributed by atoms with van der Waals surface area (Å²) in [5.74, 6) is -0.374. The third-order valence-electron chi connectivity index (χ3n) is 2.34. The molecule has 1 aromatic carbocycles. The lowest BCUT2D eigenvalue weighted by atomic mass is 10.0. The minimum atomic E-state index is -4.14. The van der Waals surface area contributed by atoms with Crippen LogP contribution in [0.15, 0.2) is 18.2 Å². The number of hydrogen-bond donors (Lipinski definition) is 1. The fourth-order valence-electron chi connectivity index (χ4n) is 1.48. The lowest BCUT2D eigenvalue weighted by Gasteiger charge is -2.14. The van der Waals surface area contributed by atoms with Gasteiger partial charge in [-0.15, -0.1) is 0 Å². The molecule has 0 spiro atoms. The van der Waals surface area contributed by atoms with Crippen LogP contribution in [0, 0.1) is 9.39 Å². The van der Waals surface area contributed by atoms with Crippen LogP contribution < -0.4 is 5.73 Å². The molecule has 1 aromatic rings. The van der Waals surface area contributed by atoms with Crippen LogP contribution in [0.5, 0.6) is 0 Å². The number of hydrogen-bond acceptors (Lipinski definition) is 1. The Morgan fingerprint density at radius 2 is 1.94 bits per heavy atom. The smallest absolute Gasteiger partial charge is 0.324 e. The first-order valence-electron chi connectivity index (χ1n) is 5.07. The SMILES string of the molecule is NC(CCCC(F)(F)F)c1ccc(F)cc1I. The Morgan fingerprint density at radius 1 is 1.29 bits per heavy atom. The molecule has 0 heterocycles. The molecule has 0 aliphatic carbocycles. The zero-order chi connectivity index (χ0) is 13.1. The number of benzene rings is 1. The quantitative estimate of drug-likeness (QED) is 0.633. The van der Waals surface area contributed by atoms with E-state index in [2.05, 4.69) is 0 Å². The lowest BCUT2D eigenvalue weighted by Crippen LogP contribution is -2.14. The van der Waals surface area contributed by atoms with E-state index in [1.165, 1.54) is 18.2 Å². The Hall–Kier alpha value is -0.370. The highest BCUT2D eigenvalue weighted by Crippen LogP contribution is 2.27. The van der Waals surface area contributed by atoms with Crippen molar-refractivity contribution in [2.75, 3.05) is 0 Å². The second-order valence-corrected chi connectivity index (χ2v) is 4.94. The average molecular weight is 361 g/mol. The molecule has 0 saturated carbocycles. The van der Waals surface area contributed by atoms with Gasteiger partial charge in [-0.1, -0.05) is 6.07 Å². The van der Waals surface area contributed by atoms with Crippen LogP contribution in [0.2, 0.25) is 0 Å². The first-order valence-corrected chi connectivity index (χ1v) is 6.15. The van der Waals surface area contributed by atoms with Gasteiger partial charge in [-0.2, -0.15) is 13.2 Å². The number of nitrogens with two attached hydrogens (primary N) is 1. The summed E-state index contributed by atoms with van der Waals surface area (Å²) in [4.78, 5) is 0. The molecule has 17 heavy (non-hydrogen) atoms. The van der Waals surface area contributed by atoms with Crippen molar-refractivity contribution in [3.8, 4) is 0 Å². The van der Waals surface area contributed by atoms with Crippen molar-refractivity contribution in [3.05, 3.63) is 33.1 Å². The summed E-state index contributed by atoms with van der Waals surface area (Å²) >= 11 is 1.93. The molecule has 1 atom stereocenters. The molecule has 1 nitrogen and oxygen atoms in total. The molecule has 0 aliphatic rings. The van der Waals surface area contributed by atoms with Crippen molar-refractivity contribution in [2.45, 2.75) is 31.5 Å². The third kappa shape index (κ3) is 5.20. The zero-order valence-electron chi connectivity index (χ0n) is 8.90. The van der Waals surface area contributed by atoms with Gasteiger partial charge in [0.25, 0.3) is 0 Å². The Bertz CT molecular complexity index is 378. The molecule has 2 N–H and O–H groups in total. The number of halogens is 5. The second-order valence-electron chi connectivity index (χ2n) is 3.78. The van der Waals surface area contributed by atoms with E-state index in [-0.39, 0.29) is 18.7 Å². The Kier molecular flexibility index (Phi) is 5.18. The molecule has 96 valence electrons. The van der Waals surface area contributed by atoms with Crippen LogP contribution in [0.1, 0.15) is 30.9 Å². The van der Waals surface area contributed by atoms with E-state index in [9.17, 15) is 17.6 Å². The van der Waals surface area contributed by atoms with Gasteiger partial charge in [0.05, 0.1) is 0 Å². The lowest BCUT2D eigenvalue weighted by molar-refractivity contribution is -0.135. The van der Waals surface area contributed by atoms with E-state index in [1.54, 1.807) is 0 Å². The first-order chi connectivity index (χ1) is 7.79. The molecule has 0 amide bonds. The maximum atomic E-state index is 12.8. The molecule has 0 aliphatic heterocycles. The van der Waals surface area contributed by atoms with Crippen molar-refractivity contribution < 1.29 is 17.6 Å². The van der Waals surface area contributed by atoms with Crippen LogP contribution in [0.25, 0.3) is 0 Å². The highest BCUT2D eigenvalue weighted by atomic mass is 127. The molecular formula is C11H12F4IN. The maximum Gasteiger partial charge on any atom is 0.389 e. The van der Waals surface area contributed by atoms with Crippen molar-refractivity contribution in [1.29, 1.82) is 0 Å². The molecule has 0 saturated heterocycles. The van der Waals surface area contributed by atoms with E-state index in [1.807, 2.05) is 22.6 Å². The van der Waals surface area contributed by atoms with E-state index in [0.29, 0.717) is 9.13 Å². The molecule has 0 bridgehead atoms. The van der Waals surface area contributed by atoms with Gasteiger partial charge in [0.2, 0.25) is 0 Å². The largest absolute Gasteiger partial charge is 0.389 e. The van der Waals surface area contributed by atoms with Crippen LogP contribution in [0.3, 0.4) is 0 Å². The van der Waals surface area contributed by atoms with Gasteiger partial charge >= 0.3 is 6.18 Å². The minimum Gasteiger partial charge on any atom is -0.324 e. The summed E-state index contributed by atoms with van der Waals surface area (Å²) in [6, 6.07) is 3.63. The van der Waals surface area contributed by atoms with Crippen LogP contribution in [-0.2, 0) is 0 Å².